The largest absolute Gasteiger partial charge is 0.342 e. The van der Waals surface area contributed by atoms with Crippen LogP contribution in [0.4, 0.5) is 0 Å². The maximum Gasteiger partial charge on any atom is 0.229 e. The van der Waals surface area contributed by atoms with E-state index in [4.69, 9.17) is 5.10 Å². The Kier molecular flexibility index (Phi) is 5.44. The van der Waals surface area contributed by atoms with E-state index in [2.05, 4.69) is 39.6 Å². The lowest BCUT2D eigenvalue weighted by Gasteiger charge is -2.21. The smallest absolute Gasteiger partial charge is 0.229 e. The van der Waals surface area contributed by atoms with E-state index in [9.17, 15) is 4.79 Å². The summed E-state index contributed by atoms with van der Waals surface area (Å²) in [6.45, 7) is 9.47. The third-order valence-electron chi connectivity index (χ3n) is 6.74. The summed E-state index contributed by atoms with van der Waals surface area (Å²) in [5.74, 6) is 1.83. The third kappa shape index (κ3) is 3.90. The molecule has 3 aromatic heterocycles. The predicted octanol–water partition coefficient (Wildman–Crippen LogP) is 3.43. The van der Waals surface area contributed by atoms with E-state index >= 15 is 0 Å². The van der Waals surface area contributed by atoms with Crippen LogP contribution in [0.3, 0.4) is 0 Å². The van der Waals surface area contributed by atoms with Crippen molar-refractivity contribution in [2.24, 2.45) is 5.92 Å². The summed E-state index contributed by atoms with van der Waals surface area (Å²) in [6, 6.07) is 14.3. The van der Waals surface area contributed by atoms with Gasteiger partial charge in [-0.15, -0.1) is 15.3 Å². The van der Waals surface area contributed by atoms with Crippen LogP contribution in [0.2, 0.25) is 0 Å². The van der Waals surface area contributed by atoms with E-state index in [0.717, 1.165) is 48.7 Å². The summed E-state index contributed by atoms with van der Waals surface area (Å²) < 4.78 is 3.52. The second kappa shape index (κ2) is 8.42. The third-order valence-corrected chi connectivity index (χ3v) is 6.74. The van der Waals surface area contributed by atoms with Crippen molar-refractivity contribution >= 4 is 11.6 Å². The second-order valence-electron chi connectivity index (χ2n) is 9.06. The van der Waals surface area contributed by atoms with Crippen molar-refractivity contribution in [3.05, 3.63) is 70.8 Å². The number of amides is 1. The summed E-state index contributed by atoms with van der Waals surface area (Å²) in [4.78, 5) is 15.5. The van der Waals surface area contributed by atoms with Gasteiger partial charge in [0.05, 0.1) is 11.6 Å². The van der Waals surface area contributed by atoms with Crippen LogP contribution in [0.5, 0.6) is 0 Å². The van der Waals surface area contributed by atoms with Gasteiger partial charge in [0.1, 0.15) is 0 Å². The summed E-state index contributed by atoms with van der Waals surface area (Å²) in [6.07, 6.45) is 2.07. The molecule has 0 bridgehead atoms. The fraction of sp³-hybridized carbons (Fsp3) is 0.400. The molecule has 8 nitrogen and oxygen atoms in total. The van der Waals surface area contributed by atoms with Crippen LogP contribution >= 0.6 is 0 Å². The molecular weight excluding hydrogens is 414 g/mol. The SMILES string of the molecule is Cc1nn(-c2ccc3nnc(C)n3n2)c(C)c1C(C)C(=O)N1CCC(Cc2ccccc2)C1. The predicted molar refractivity (Wildman–Crippen MR) is 125 cm³/mol. The van der Waals surface area contributed by atoms with E-state index in [1.54, 1.807) is 4.52 Å². The van der Waals surface area contributed by atoms with E-state index in [1.165, 1.54) is 5.56 Å². The minimum atomic E-state index is -0.255. The van der Waals surface area contributed by atoms with Crippen LogP contribution in [0, 0.1) is 26.7 Å². The minimum Gasteiger partial charge on any atom is -0.342 e. The number of aryl methyl sites for hydroxylation is 2. The number of rotatable bonds is 5. The van der Waals surface area contributed by atoms with Crippen molar-refractivity contribution in [3.8, 4) is 5.82 Å². The van der Waals surface area contributed by atoms with Crippen molar-refractivity contribution in [2.45, 2.75) is 46.5 Å². The fourth-order valence-corrected chi connectivity index (χ4v) is 5.05. The number of hydrogen-bond acceptors (Lipinski definition) is 5. The highest BCUT2D eigenvalue weighted by Crippen LogP contribution is 2.29. The molecule has 8 heteroatoms. The molecule has 4 heterocycles. The van der Waals surface area contributed by atoms with Gasteiger partial charge in [-0.1, -0.05) is 30.3 Å². The molecule has 4 aromatic rings. The molecule has 170 valence electrons. The lowest BCUT2D eigenvalue weighted by Crippen LogP contribution is -2.33. The zero-order valence-corrected chi connectivity index (χ0v) is 19.6. The van der Waals surface area contributed by atoms with Crippen molar-refractivity contribution in [1.29, 1.82) is 0 Å². The van der Waals surface area contributed by atoms with Crippen molar-refractivity contribution in [3.63, 3.8) is 0 Å². The molecule has 1 aliphatic rings. The first kappa shape index (κ1) is 21.3. The zero-order chi connectivity index (χ0) is 23.1. The quantitative estimate of drug-likeness (QED) is 0.472. The molecule has 2 atom stereocenters. The molecule has 0 N–H and O–H groups in total. The number of fused-ring (bicyclic) bond motifs is 1. The summed E-state index contributed by atoms with van der Waals surface area (Å²) in [7, 11) is 0. The Morgan fingerprint density at radius 3 is 2.64 bits per heavy atom. The number of likely N-dealkylation sites (tertiary alicyclic amines) is 1. The van der Waals surface area contributed by atoms with Crippen LogP contribution in [-0.4, -0.2) is 53.5 Å². The molecule has 1 amide bonds. The van der Waals surface area contributed by atoms with Crippen LogP contribution < -0.4 is 0 Å². The molecule has 33 heavy (non-hydrogen) atoms. The van der Waals surface area contributed by atoms with Gasteiger partial charge in [-0.2, -0.15) is 9.61 Å². The molecule has 5 rings (SSSR count). The first-order chi connectivity index (χ1) is 15.9. The molecule has 2 unspecified atom stereocenters. The van der Waals surface area contributed by atoms with Gasteiger partial charge in [0.15, 0.2) is 17.3 Å². The number of benzene rings is 1. The first-order valence-corrected chi connectivity index (χ1v) is 11.5. The van der Waals surface area contributed by atoms with Crippen molar-refractivity contribution in [2.75, 3.05) is 13.1 Å². The average Bonchev–Trinajstić information content (AvgIpc) is 3.51. The number of nitrogens with zero attached hydrogens (tertiary/aromatic N) is 7. The van der Waals surface area contributed by atoms with E-state index < -0.39 is 0 Å². The monoisotopic (exact) mass is 443 g/mol. The molecule has 0 aliphatic carbocycles. The van der Waals surface area contributed by atoms with Crippen LogP contribution in [0.1, 0.15) is 47.6 Å². The van der Waals surface area contributed by atoms with Gasteiger partial charge in [-0.3, -0.25) is 4.79 Å². The Hall–Kier alpha value is -3.55. The number of carbonyl (C=O) groups is 1. The summed E-state index contributed by atoms with van der Waals surface area (Å²) >= 11 is 0. The van der Waals surface area contributed by atoms with Gasteiger partial charge >= 0.3 is 0 Å². The van der Waals surface area contributed by atoms with Crippen molar-refractivity contribution in [1.82, 2.24) is 34.5 Å². The Balaban J connectivity index is 1.35. The van der Waals surface area contributed by atoms with Crippen LogP contribution in [0.25, 0.3) is 11.5 Å². The zero-order valence-electron chi connectivity index (χ0n) is 19.6. The van der Waals surface area contributed by atoms with Gasteiger partial charge in [0.2, 0.25) is 5.91 Å². The molecule has 1 fully saturated rings. The van der Waals surface area contributed by atoms with E-state index in [-0.39, 0.29) is 11.8 Å². The molecular formula is C25H29N7O. The van der Waals surface area contributed by atoms with Crippen LogP contribution in [0.15, 0.2) is 42.5 Å². The van der Waals surface area contributed by atoms with Gasteiger partial charge in [-0.05, 0) is 64.2 Å². The average molecular weight is 444 g/mol. The van der Waals surface area contributed by atoms with Gasteiger partial charge in [0, 0.05) is 24.3 Å². The number of carbonyl (C=O) groups excluding carboxylic acids is 1. The van der Waals surface area contributed by atoms with Crippen LogP contribution in [-0.2, 0) is 11.2 Å². The highest BCUT2D eigenvalue weighted by Gasteiger charge is 2.32. The summed E-state index contributed by atoms with van der Waals surface area (Å²) in [5, 5.41) is 17.6. The standard InChI is InChI=1S/C25H29N7O/c1-16(25(33)30-13-12-21(15-30)14-20-8-6-5-7-9-20)24-17(2)28-31(18(24)3)23-11-10-22-27-26-19(4)32(22)29-23/h5-11,16,21H,12-15H2,1-4H3. The van der Waals surface area contributed by atoms with Gasteiger partial charge < -0.3 is 4.90 Å². The number of aromatic nitrogens is 6. The lowest BCUT2D eigenvalue weighted by atomic mass is 9.97. The van der Waals surface area contributed by atoms with E-state index in [0.29, 0.717) is 17.4 Å². The van der Waals surface area contributed by atoms with Gasteiger partial charge in [-0.25, -0.2) is 4.68 Å². The highest BCUT2D eigenvalue weighted by atomic mass is 16.2. The Bertz CT molecular complexity index is 1310. The number of hydrogen-bond donors (Lipinski definition) is 0. The molecule has 0 saturated carbocycles. The molecule has 0 radical (unpaired) electrons. The maximum absolute atomic E-state index is 13.4. The topological polar surface area (TPSA) is 81.2 Å². The molecule has 1 aromatic carbocycles. The first-order valence-electron chi connectivity index (χ1n) is 11.5. The Labute approximate surface area is 193 Å². The summed E-state index contributed by atoms with van der Waals surface area (Å²) in [5.41, 5.74) is 4.81. The van der Waals surface area contributed by atoms with Gasteiger partial charge in [0.25, 0.3) is 0 Å². The molecule has 1 aliphatic heterocycles. The Morgan fingerprint density at radius 2 is 1.85 bits per heavy atom. The normalized spacial score (nSPS) is 17.1. The lowest BCUT2D eigenvalue weighted by molar-refractivity contribution is -0.131. The minimum absolute atomic E-state index is 0.175. The Morgan fingerprint density at radius 1 is 1.06 bits per heavy atom. The fourth-order valence-electron chi connectivity index (χ4n) is 5.05. The maximum atomic E-state index is 13.4. The highest BCUT2D eigenvalue weighted by molar-refractivity contribution is 5.84. The van der Waals surface area contributed by atoms with E-state index in [1.807, 2.05) is 55.5 Å². The second-order valence-corrected chi connectivity index (χ2v) is 9.06. The van der Waals surface area contributed by atoms with Crippen molar-refractivity contribution < 1.29 is 4.79 Å². The molecule has 1 saturated heterocycles. The molecule has 0 spiro atoms.